The van der Waals surface area contributed by atoms with Crippen LogP contribution in [0.2, 0.25) is 0 Å². The molecule has 2 aliphatic rings. The zero-order valence-corrected chi connectivity index (χ0v) is 15.0. The maximum atomic E-state index is 12.8. The third-order valence-corrected chi connectivity index (χ3v) is 5.71. The summed E-state index contributed by atoms with van der Waals surface area (Å²) in [5.74, 6) is 0.530. The Kier molecular flexibility index (Phi) is 3.79. The summed E-state index contributed by atoms with van der Waals surface area (Å²) < 4.78 is 1.10. The minimum absolute atomic E-state index is 0.0448. The van der Waals surface area contributed by atoms with Gasteiger partial charge < -0.3 is 4.90 Å². The summed E-state index contributed by atoms with van der Waals surface area (Å²) in [6.45, 7) is 1.32. The topological polar surface area (TPSA) is 63.5 Å². The van der Waals surface area contributed by atoms with Crippen LogP contribution in [-0.4, -0.2) is 28.8 Å². The summed E-state index contributed by atoms with van der Waals surface area (Å²) in [7, 11) is 0. The molecule has 1 amide bonds. The number of hydrogen-bond acceptors (Lipinski definition) is 3. The number of rotatable bonds is 2. The molecule has 2 aromatic rings. The smallest absolute Gasteiger partial charge is 0.269 e. The number of halogens is 1. The van der Waals surface area contributed by atoms with Crippen LogP contribution in [0.3, 0.4) is 0 Å². The number of benzene rings is 2. The zero-order valence-electron chi connectivity index (χ0n) is 12.8. The molecule has 122 valence electrons. The van der Waals surface area contributed by atoms with Gasteiger partial charge in [0.05, 0.1) is 4.92 Å². The normalized spacial score (nSPS) is 21.5. The SMILES string of the molecule is O=C(c1ccc(I)cc1)N1C[C@H]2C[C@@H](C1)c1cc([N+](=O)[O-])ccc12. The van der Waals surface area contributed by atoms with E-state index >= 15 is 0 Å². The molecule has 1 saturated heterocycles. The number of likely N-dealkylation sites (tertiary alicyclic amines) is 1. The highest BCUT2D eigenvalue weighted by Crippen LogP contribution is 2.47. The Morgan fingerprint density at radius 1 is 1.08 bits per heavy atom. The van der Waals surface area contributed by atoms with Crippen molar-refractivity contribution < 1.29 is 9.72 Å². The van der Waals surface area contributed by atoms with E-state index in [2.05, 4.69) is 22.6 Å². The molecule has 5 nitrogen and oxygen atoms in total. The highest BCUT2D eigenvalue weighted by molar-refractivity contribution is 14.1. The van der Waals surface area contributed by atoms with Crippen molar-refractivity contribution >= 4 is 34.2 Å². The van der Waals surface area contributed by atoms with E-state index in [0.717, 1.165) is 15.6 Å². The summed E-state index contributed by atoms with van der Waals surface area (Å²) in [6.07, 6.45) is 0.979. The van der Waals surface area contributed by atoms with Crippen LogP contribution < -0.4 is 0 Å². The van der Waals surface area contributed by atoms with Gasteiger partial charge in [0, 0.05) is 46.2 Å². The number of non-ortho nitro benzene ring substituents is 1. The zero-order chi connectivity index (χ0) is 16.8. The van der Waals surface area contributed by atoms with Gasteiger partial charge in [-0.3, -0.25) is 14.9 Å². The summed E-state index contributed by atoms with van der Waals surface area (Å²) >= 11 is 2.22. The van der Waals surface area contributed by atoms with Gasteiger partial charge in [-0.2, -0.15) is 0 Å². The number of piperidine rings is 1. The molecule has 1 aliphatic carbocycles. The Bertz CT molecular complexity index is 835. The second-order valence-corrected chi connectivity index (χ2v) is 7.66. The van der Waals surface area contributed by atoms with Gasteiger partial charge in [-0.15, -0.1) is 0 Å². The lowest BCUT2D eigenvalue weighted by atomic mass is 9.95. The number of carbonyl (C=O) groups is 1. The molecule has 2 aromatic carbocycles. The van der Waals surface area contributed by atoms with Gasteiger partial charge in [-0.05, 0) is 64.4 Å². The first-order valence-electron chi connectivity index (χ1n) is 7.86. The van der Waals surface area contributed by atoms with Crippen molar-refractivity contribution in [2.24, 2.45) is 0 Å². The Morgan fingerprint density at radius 3 is 2.42 bits per heavy atom. The van der Waals surface area contributed by atoms with Crippen LogP contribution in [-0.2, 0) is 0 Å². The van der Waals surface area contributed by atoms with Gasteiger partial charge in [0.25, 0.3) is 11.6 Å². The lowest BCUT2D eigenvalue weighted by molar-refractivity contribution is -0.384. The third kappa shape index (κ3) is 2.58. The first-order chi connectivity index (χ1) is 11.5. The summed E-state index contributed by atoms with van der Waals surface area (Å²) in [5, 5.41) is 11.0. The molecule has 1 fully saturated rings. The van der Waals surface area contributed by atoms with E-state index in [1.54, 1.807) is 12.1 Å². The minimum atomic E-state index is -0.350. The monoisotopic (exact) mass is 434 g/mol. The molecule has 24 heavy (non-hydrogen) atoms. The van der Waals surface area contributed by atoms with Crippen LogP contribution in [0.15, 0.2) is 42.5 Å². The molecule has 1 heterocycles. The van der Waals surface area contributed by atoms with Crippen LogP contribution in [0.25, 0.3) is 0 Å². The molecule has 0 aromatic heterocycles. The van der Waals surface area contributed by atoms with Crippen molar-refractivity contribution in [3.8, 4) is 0 Å². The molecule has 6 heteroatoms. The van der Waals surface area contributed by atoms with E-state index in [-0.39, 0.29) is 28.4 Å². The maximum absolute atomic E-state index is 12.8. The van der Waals surface area contributed by atoms with Gasteiger partial charge in [0.15, 0.2) is 0 Å². The van der Waals surface area contributed by atoms with Gasteiger partial charge in [-0.1, -0.05) is 6.07 Å². The summed E-state index contributed by atoms with van der Waals surface area (Å²) in [4.78, 5) is 25.3. The lowest BCUT2D eigenvalue weighted by Gasteiger charge is -2.32. The Morgan fingerprint density at radius 2 is 1.75 bits per heavy atom. The predicted octanol–water partition coefficient (Wildman–Crippen LogP) is 3.93. The van der Waals surface area contributed by atoms with Gasteiger partial charge in [0.2, 0.25) is 0 Å². The second-order valence-electron chi connectivity index (χ2n) is 6.42. The molecule has 0 unspecified atom stereocenters. The Hall–Kier alpha value is -1.96. The quantitative estimate of drug-likeness (QED) is 0.409. The molecule has 2 atom stereocenters. The molecular formula is C18H15IN2O3. The van der Waals surface area contributed by atoms with Gasteiger partial charge in [0.1, 0.15) is 0 Å². The highest BCUT2D eigenvalue weighted by atomic mass is 127. The number of amides is 1. The second kappa shape index (κ2) is 5.84. The first-order valence-corrected chi connectivity index (χ1v) is 8.94. The molecule has 0 N–H and O–H groups in total. The van der Waals surface area contributed by atoms with Crippen LogP contribution >= 0.6 is 22.6 Å². The standard InChI is InChI=1S/C18H15IN2O3/c19-14-3-1-11(2-4-14)18(22)20-9-12-7-13(10-20)17-8-15(21(23)24)5-6-16(12)17/h1-6,8,12-13H,7,9-10H2/t12-,13+/m1/s1. The first kappa shape index (κ1) is 15.6. The number of nitro benzene ring substituents is 1. The van der Waals surface area contributed by atoms with E-state index in [1.165, 1.54) is 5.56 Å². The van der Waals surface area contributed by atoms with Crippen LogP contribution in [0, 0.1) is 13.7 Å². The predicted molar refractivity (Wildman–Crippen MR) is 98.3 cm³/mol. The van der Waals surface area contributed by atoms with Gasteiger partial charge >= 0.3 is 0 Å². The number of carbonyl (C=O) groups excluding carboxylic acids is 1. The fourth-order valence-corrected chi connectivity index (χ4v) is 4.25. The van der Waals surface area contributed by atoms with Crippen LogP contribution in [0.5, 0.6) is 0 Å². The highest BCUT2D eigenvalue weighted by Gasteiger charge is 2.40. The Balaban J connectivity index is 1.60. The van der Waals surface area contributed by atoms with Crippen molar-refractivity contribution in [3.63, 3.8) is 0 Å². The Labute approximate surface area is 153 Å². The number of nitrogens with zero attached hydrogens (tertiary/aromatic N) is 2. The lowest BCUT2D eigenvalue weighted by Crippen LogP contribution is -2.39. The van der Waals surface area contributed by atoms with Crippen LogP contribution in [0.4, 0.5) is 5.69 Å². The van der Waals surface area contributed by atoms with Crippen molar-refractivity contribution in [2.45, 2.75) is 18.3 Å². The average Bonchev–Trinajstić information content (AvgIpc) is 2.85. The molecular weight excluding hydrogens is 419 g/mol. The van der Waals surface area contributed by atoms with E-state index in [0.29, 0.717) is 18.7 Å². The van der Waals surface area contributed by atoms with Crippen molar-refractivity contribution in [1.82, 2.24) is 4.90 Å². The molecule has 0 radical (unpaired) electrons. The summed E-state index contributed by atoms with van der Waals surface area (Å²) in [5.41, 5.74) is 3.05. The van der Waals surface area contributed by atoms with Crippen molar-refractivity contribution in [3.05, 3.63) is 72.8 Å². The fraction of sp³-hybridized carbons (Fsp3) is 0.278. The van der Waals surface area contributed by atoms with Crippen molar-refractivity contribution in [2.75, 3.05) is 13.1 Å². The summed E-state index contributed by atoms with van der Waals surface area (Å²) in [6, 6.07) is 12.7. The van der Waals surface area contributed by atoms with E-state index < -0.39 is 0 Å². The molecule has 1 aliphatic heterocycles. The third-order valence-electron chi connectivity index (χ3n) is 4.99. The minimum Gasteiger partial charge on any atom is -0.337 e. The molecule has 2 bridgehead atoms. The maximum Gasteiger partial charge on any atom is 0.269 e. The van der Waals surface area contributed by atoms with Crippen molar-refractivity contribution in [1.29, 1.82) is 0 Å². The van der Waals surface area contributed by atoms with E-state index in [1.807, 2.05) is 35.2 Å². The van der Waals surface area contributed by atoms with Crippen LogP contribution in [0.1, 0.15) is 39.7 Å². The average molecular weight is 434 g/mol. The van der Waals surface area contributed by atoms with E-state index in [4.69, 9.17) is 0 Å². The molecule has 0 saturated carbocycles. The largest absolute Gasteiger partial charge is 0.337 e. The van der Waals surface area contributed by atoms with E-state index in [9.17, 15) is 14.9 Å². The van der Waals surface area contributed by atoms with Gasteiger partial charge in [-0.25, -0.2) is 0 Å². The number of hydrogen-bond donors (Lipinski definition) is 0. The number of fused-ring (bicyclic) bond motifs is 5. The fourth-order valence-electron chi connectivity index (χ4n) is 3.89. The molecule has 4 rings (SSSR count). The molecule has 0 spiro atoms. The number of nitro groups is 1.